The van der Waals surface area contributed by atoms with E-state index in [4.69, 9.17) is 4.74 Å². The molecule has 0 spiro atoms. The Morgan fingerprint density at radius 3 is 2.48 bits per heavy atom. The molecule has 0 aliphatic carbocycles. The SMILES string of the molecule is CCCCc1ccc(NC(=O)COC(=O)/C(C#N)=C/c2cc(C)n(CCC)c2C)cc1. The molecule has 1 heterocycles. The van der Waals surface area contributed by atoms with E-state index in [1.165, 1.54) is 11.6 Å². The van der Waals surface area contributed by atoms with E-state index in [2.05, 4.69) is 23.7 Å². The lowest BCUT2D eigenvalue weighted by molar-refractivity contribution is -0.142. The predicted octanol–water partition coefficient (Wildman–Crippen LogP) is 4.95. The lowest BCUT2D eigenvalue weighted by Gasteiger charge is -2.08. The third-order valence-electron chi connectivity index (χ3n) is 5.09. The summed E-state index contributed by atoms with van der Waals surface area (Å²) in [5.74, 6) is -1.26. The quantitative estimate of drug-likeness (QED) is 0.334. The number of aryl methyl sites for hydroxylation is 2. The summed E-state index contributed by atoms with van der Waals surface area (Å²) in [5.41, 5.74) is 4.57. The fourth-order valence-corrected chi connectivity index (χ4v) is 3.38. The number of ether oxygens (including phenoxy) is 1. The standard InChI is InChI=1S/C25H31N3O3/c1-5-7-8-20-9-11-23(12-10-20)27-24(29)17-31-25(30)22(16-26)15-21-14-18(3)28(13-6-2)19(21)4/h9-12,14-15H,5-8,13,17H2,1-4H3,(H,27,29)/b22-15+. The van der Waals surface area contributed by atoms with Crippen LogP contribution in [-0.2, 0) is 27.3 Å². The Bertz CT molecular complexity index is 979. The van der Waals surface area contributed by atoms with Gasteiger partial charge in [0.05, 0.1) is 0 Å². The molecule has 0 bridgehead atoms. The third kappa shape index (κ3) is 6.85. The predicted molar refractivity (Wildman–Crippen MR) is 122 cm³/mol. The molecule has 6 nitrogen and oxygen atoms in total. The fraction of sp³-hybridized carbons (Fsp3) is 0.400. The first kappa shape index (κ1) is 23.9. The van der Waals surface area contributed by atoms with Crippen molar-refractivity contribution >= 4 is 23.6 Å². The van der Waals surface area contributed by atoms with Crippen LogP contribution in [0.4, 0.5) is 5.69 Å². The number of nitrogens with zero attached hydrogens (tertiary/aromatic N) is 2. The normalized spacial score (nSPS) is 11.1. The average Bonchev–Trinajstić information content (AvgIpc) is 3.03. The monoisotopic (exact) mass is 421 g/mol. The molecule has 0 saturated carbocycles. The van der Waals surface area contributed by atoms with Gasteiger partial charge in [0, 0.05) is 23.6 Å². The molecule has 2 rings (SSSR count). The van der Waals surface area contributed by atoms with E-state index in [1.54, 1.807) is 0 Å². The van der Waals surface area contributed by atoms with Gasteiger partial charge in [-0.3, -0.25) is 4.79 Å². The van der Waals surface area contributed by atoms with Gasteiger partial charge in [0.1, 0.15) is 11.6 Å². The van der Waals surface area contributed by atoms with Crippen molar-refractivity contribution in [2.24, 2.45) is 0 Å². The molecule has 0 atom stereocenters. The van der Waals surface area contributed by atoms with Crippen molar-refractivity contribution < 1.29 is 14.3 Å². The minimum Gasteiger partial charge on any atom is -0.451 e. The number of carbonyl (C=O) groups excluding carboxylic acids is 2. The molecule has 0 aliphatic heterocycles. The number of aromatic nitrogens is 1. The first-order valence-corrected chi connectivity index (χ1v) is 10.7. The largest absolute Gasteiger partial charge is 0.451 e. The minimum atomic E-state index is -0.812. The molecule has 0 unspecified atom stereocenters. The number of amides is 1. The number of carbonyl (C=O) groups is 2. The Morgan fingerprint density at radius 1 is 1.16 bits per heavy atom. The number of hydrogen-bond acceptors (Lipinski definition) is 4. The Balaban J connectivity index is 1.96. The number of anilines is 1. The van der Waals surface area contributed by atoms with E-state index >= 15 is 0 Å². The molecule has 1 amide bonds. The van der Waals surface area contributed by atoms with Gasteiger partial charge in [-0.2, -0.15) is 5.26 Å². The molecule has 6 heteroatoms. The number of unbranched alkanes of at least 4 members (excludes halogenated alkanes) is 1. The van der Waals surface area contributed by atoms with E-state index in [9.17, 15) is 14.9 Å². The molecule has 0 radical (unpaired) electrons. The fourth-order valence-electron chi connectivity index (χ4n) is 3.38. The van der Waals surface area contributed by atoms with E-state index in [1.807, 2.05) is 50.2 Å². The summed E-state index contributed by atoms with van der Waals surface area (Å²) >= 11 is 0. The van der Waals surface area contributed by atoms with E-state index in [-0.39, 0.29) is 5.57 Å². The molecular formula is C25H31N3O3. The molecule has 0 fully saturated rings. The molecule has 0 saturated heterocycles. The molecule has 2 aromatic rings. The number of nitriles is 1. The molecule has 31 heavy (non-hydrogen) atoms. The molecule has 1 N–H and O–H groups in total. The molecule has 1 aromatic heterocycles. The van der Waals surface area contributed by atoms with Crippen LogP contribution < -0.4 is 5.32 Å². The number of hydrogen-bond donors (Lipinski definition) is 1. The van der Waals surface area contributed by atoms with E-state index in [0.29, 0.717) is 5.69 Å². The summed E-state index contributed by atoms with van der Waals surface area (Å²) in [6.07, 6.45) is 5.77. The summed E-state index contributed by atoms with van der Waals surface area (Å²) in [4.78, 5) is 24.4. The molecule has 164 valence electrons. The maximum absolute atomic E-state index is 12.3. The Morgan fingerprint density at radius 2 is 1.87 bits per heavy atom. The highest BCUT2D eigenvalue weighted by Crippen LogP contribution is 2.19. The van der Waals surface area contributed by atoms with Gasteiger partial charge in [-0.25, -0.2) is 4.79 Å². The van der Waals surface area contributed by atoms with Crippen LogP contribution in [0.1, 0.15) is 55.6 Å². The van der Waals surface area contributed by atoms with Crippen molar-refractivity contribution in [2.75, 3.05) is 11.9 Å². The summed E-state index contributed by atoms with van der Waals surface area (Å²) in [5, 5.41) is 12.1. The lowest BCUT2D eigenvalue weighted by atomic mass is 10.1. The highest BCUT2D eigenvalue weighted by atomic mass is 16.5. The van der Waals surface area contributed by atoms with Gasteiger partial charge in [-0.15, -0.1) is 0 Å². The minimum absolute atomic E-state index is 0.134. The Kier molecular flexibility index (Phi) is 9.08. The van der Waals surface area contributed by atoms with Crippen molar-refractivity contribution in [3.05, 3.63) is 58.4 Å². The Labute approximate surface area is 184 Å². The van der Waals surface area contributed by atoms with Gasteiger partial charge in [0.2, 0.25) is 0 Å². The number of nitrogens with one attached hydrogen (secondary N) is 1. The van der Waals surface area contributed by atoms with Gasteiger partial charge in [0.25, 0.3) is 5.91 Å². The van der Waals surface area contributed by atoms with Gasteiger partial charge >= 0.3 is 5.97 Å². The second kappa shape index (κ2) is 11.8. The first-order chi connectivity index (χ1) is 14.9. The van der Waals surface area contributed by atoms with Crippen molar-refractivity contribution in [1.82, 2.24) is 4.57 Å². The van der Waals surface area contributed by atoms with Crippen LogP contribution >= 0.6 is 0 Å². The van der Waals surface area contributed by atoms with Gasteiger partial charge < -0.3 is 14.6 Å². The highest BCUT2D eigenvalue weighted by Gasteiger charge is 2.15. The zero-order chi connectivity index (χ0) is 22.8. The number of benzene rings is 1. The Hall–Kier alpha value is -3.33. The van der Waals surface area contributed by atoms with Crippen molar-refractivity contribution in [1.29, 1.82) is 5.26 Å². The number of esters is 1. The van der Waals surface area contributed by atoms with Gasteiger partial charge in [-0.1, -0.05) is 32.4 Å². The topological polar surface area (TPSA) is 84.1 Å². The second-order valence-electron chi connectivity index (χ2n) is 7.57. The maximum Gasteiger partial charge on any atom is 0.349 e. The van der Waals surface area contributed by atoms with Crippen LogP contribution in [0.3, 0.4) is 0 Å². The van der Waals surface area contributed by atoms with Crippen LogP contribution in [0.5, 0.6) is 0 Å². The first-order valence-electron chi connectivity index (χ1n) is 10.7. The zero-order valence-corrected chi connectivity index (χ0v) is 18.8. The van der Waals surface area contributed by atoms with Crippen LogP contribution in [-0.4, -0.2) is 23.1 Å². The van der Waals surface area contributed by atoms with E-state index in [0.717, 1.165) is 49.2 Å². The summed E-state index contributed by atoms with van der Waals surface area (Å²) < 4.78 is 7.20. The molecule has 0 aliphatic rings. The van der Waals surface area contributed by atoms with E-state index < -0.39 is 18.5 Å². The summed E-state index contributed by atoms with van der Waals surface area (Å²) in [7, 11) is 0. The maximum atomic E-state index is 12.3. The molecule has 1 aromatic carbocycles. The van der Waals surface area contributed by atoms with Crippen LogP contribution in [0, 0.1) is 25.2 Å². The average molecular weight is 422 g/mol. The number of rotatable bonds is 10. The smallest absolute Gasteiger partial charge is 0.349 e. The molecular weight excluding hydrogens is 390 g/mol. The van der Waals surface area contributed by atoms with Gasteiger partial charge in [-0.05, 0) is 68.5 Å². The second-order valence-corrected chi connectivity index (χ2v) is 7.57. The zero-order valence-electron chi connectivity index (χ0n) is 18.8. The summed E-state index contributed by atoms with van der Waals surface area (Å²) in [6, 6.07) is 11.4. The van der Waals surface area contributed by atoms with Crippen molar-refractivity contribution in [2.45, 2.75) is 59.9 Å². The van der Waals surface area contributed by atoms with Crippen LogP contribution in [0.15, 0.2) is 35.9 Å². The third-order valence-corrected chi connectivity index (χ3v) is 5.09. The van der Waals surface area contributed by atoms with Crippen LogP contribution in [0.2, 0.25) is 0 Å². The van der Waals surface area contributed by atoms with Crippen molar-refractivity contribution in [3.63, 3.8) is 0 Å². The lowest BCUT2D eigenvalue weighted by Crippen LogP contribution is -2.21. The highest BCUT2D eigenvalue weighted by molar-refractivity contribution is 6.00. The summed E-state index contributed by atoms with van der Waals surface area (Å²) in [6.45, 7) is 8.61. The van der Waals surface area contributed by atoms with Gasteiger partial charge in [0.15, 0.2) is 6.61 Å². The van der Waals surface area contributed by atoms with Crippen LogP contribution in [0.25, 0.3) is 6.08 Å². The van der Waals surface area contributed by atoms with Crippen molar-refractivity contribution in [3.8, 4) is 6.07 Å².